The van der Waals surface area contributed by atoms with Crippen LogP contribution < -0.4 is 0 Å². The van der Waals surface area contributed by atoms with Gasteiger partial charge in [-0.2, -0.15) is 0 Å². The number of benzene rings is 2. The summed E-state index contributed by atoms with van der Waals surface area (Å²) in [4.78, 5) is 2.26. The molecule has 0 aliphatic heterocycles. The quantitative estimate of drug-likeness (QED) is 0.800. The molecule has 0 saturated carbocycles. The van der Waals surface area contributed by atoms with Crippen molar-refractivity contribution in [1.29, 1.82) is 0 Å². The van der Waals surface area contributed by atoms with Crippen LogP contribution in [0.25, 0.3) is 5.57 Å². The molecule has 1 aliphatic rings. The van der Waals surface area contributed by atoms with Crippen LogP contribution in [0.3, 0.4) is 0 Å². The molecule has 0 spiro atoms. The molecular formula is C19H21N. The lowest BCUT2D eigenvalue weighted by molar-refractivity contribution is 0.393. The molecule has 0 aromatic heterocycles. The van der Waals surface area contributed by atoms with E-state index in [2.05, 4.69) is 79.7 Å². The Labute approximate surface area is 121 Å². The van der Waals surface area contributed by atoms with Gasteiger partial charge < -0.3 is 4.90 Å². The predicted molar refractivity (Wildman–Crippen MR) is 85.9 cm³/mol. The fraction of sp³-hybridized carbons (Fsp3) is 0.263. The first-order valence-corrected chi connectivity index (χ1v) is 7.27. The number of hydrogen-bond acceptors (Lipinski definition) is 1. The third-order valence-corrected chi connectivity index (χ3v) is 3.99. The van der Waals surface area contributed by atoms with Gasteiger partial charge in [0.05, 0.1) is 0 Å². The minimum Gasteiger partial charge on any atom is -0.309 e. The van der Waals surface area contributed by atoms with Crippen LogP contribution in [0.1, 0.15) is 29.0 Å². The maximum atomic E-state index is 2.45. The number of hydrogen-bond donors (Lipinski definition) is 0. The Morgan fingerprint density at radius 3 is 2.35 bits per heavy atom. The van der Waals surface area contributed by atoms with Crippen molar-refractivity contribution >= 4 is 5.57 Å². The molecule has 2 aromatic rings. The van der Waals surface area contributed by atoms with Crippen molar-refractivity contribution < 1.29 is 0 Å². The van der Waals surface area contributed by atoms with E-state index in [1.54, 1.807) is 0 Å². The Balaban J connectivity index is 1.96. The second-order valence-electron chi connectivity index (χ2n) is 5.73. The second-order valence-corrected chi connectivity index (χ2v) is 5.73. The first-order chi connectivity index (χ1) is 9.75. The SMILES string of the molecule is CN(C)CC[C@@H]1C=C(c2ccccc2)c2ccccc21. The van der Waals surface area contributed by atoms with Gasteiger partial charge in [0.15, 0.2) is 0 Å². The Bertz CT molecular complexity index is 611. The van der Waals surface area contributed by atoms with Crippen molar-refractivity contribution in [3.63, 3.8) is 0 Å². The number of nitrogens with zero attached hydrogens (tertiary/aromatic N) is 1. The van der Waals surface area contributed by atoms with E-state index >= 15 is 0 Å². The van der Waals surface area contributed by atoms with E-state index in [0.717, 1.165) is 6.54 Å². The van der Waals surface area contributed by atoms with Gasteiger partial charge in [0.2, 0.25) is 0 Å². The molecule has 0 N–H and O–H groups in total. The lowest BCUT2D eigenvalue weighted by Gasteiger charge is -2.14. The van der Waals surface area contributed by atoms with Crippen molar-refractivity contribution in [2.75, 3.05) is 20.6 Å². The van der Waals surface area contributed by atoms with Crippen molar-refractivity contribution in [1.82, 2.24) is 4.90 Å². The smallest absolute Gasteiger partial charge is 0.00456 e. The van der Waals surface area contributed by atoms with E-state index in [9.17, 15) is 0 Å². The molecule has 1 atom stereocenters. The van der Waals surface area contributed by atoms with Crippen LogP contribution in [0.4, 0.5) is 0 Å². The van der Waals surface area contributed by atoms with Crippen LogP contribution in [0.15, 0.2) is 60.7 Å². The van der Waals surface area contributed by atoms with Crippen LogP contribution in [0.5, 0.6) is 0 Å². The van der Waals surface area contributed by atoms with Crippen molar-refractivity contribution in [2.24, 2.45) is 0 Å². The Morgan fingerprint density at radius 1 is 0.900 bits per heavy atom. The minimum atomic E-state index is 0.545. The van der Waals surface area contributed by atoms with Crippen LogP contribution in [0.2, 0.25) is 0 Å². The molecule has 1 aliphatic carbocycles. The third kappa shape index (κ3) is 2.54. The Morgan fingerprint density at radius 2 is 1.60 bits per heavy atom. The van der Waals surface area contributed by atoms with Crippen LogP contribution in [-0.4, -0.2) is 25.5 Å². The van der Waals surface area contributed by atoms with Gasteiger partial charge in [-0.25, -0.2) is 0 Å². The summed E-state index contributed by atoms with van der Waals surface area (Å²) in [6.07, 6.45) is 3.63. The first kappa shape index (κ1) is 13.1. The molecule has 0 unspecified atom stereocenters. The molecule has 0 saturated heterocycles. The van der Waals surface area contributed by atoms with Gasteiger partial charge in [-0.15, -0.1) is 0 Å². The molecule has 1 nitrogen and oxygen atoms in total. The molecule has 2 aromatic carbocycles. The third-order valence-electron chi connectivity index (χ3n) is 3.99. The minimum absolute atomic E-state index is 0.545. The number of allylic oxidation sites excluding steroid dienone is 1. The number of fused-ring (bicyclic) bond motifs is 1. The fourth-order valence-corrected chi connectivity index (χ4v) is 2.95. The Kier molecular flexibility index (Phi) is 3.70. The van der Waals surface area contributed by atoms with Crippen LogP contribution in [0, 0.1) is 0 Å². The standard InChI is InChI=1S/C19H21N/c1-20(2)13-12-16-14-19(15-8-4-3-5-9-15)18-11-7-6-10-17(16)18/h3-11,14,16H,12-13H2,1-2H3/t16-/m1/s1. The molecule has 0 bridgehead atoms. The topological polar surface area (TPSA) is 3.24 Å². The maximum absolute atomic E-state index is 2.45. The summed E-state index contributed by atoms with van der Waals surface area (Å²) < 4.78 is 0. The largest absolute Gasteiger partial charge is 0.309 e. The van der Waals surface area contributed by atoms with Gasteiger partial charge in [0.25, 0.3) is 0 Å². The van der Waals surface area contributed by atoms with Crippen molar-refractivity contribution in [3.05, 3.63) is 77.4 Å². The van der Waals surface area contributed by atoms with Crippen LogP contribution in [-0.2, 0) is 0 Å². The summed E-state index contributed by atoms with van der Waals surface area (Å²) in [6, 6.07) is 19.6. The highest BCUT2D eigenvalue weighted by molar-refractivity contribution is 5.85. The first-order valence-electron chi connectivity index (χ1n) is 7.27. The van der Waals surface area contributed by atoms with E-state index in [4.69, 9.17) is 0 Å². The zero-order valence-electron chi connectivity index (χ0n) is 12.2. The zero-order chi connectivity index (χ0) is 13.9. The molecule has 3 rings (SSSR count). The second kappa shape index (κ2) is 5.64. The lowest BCUT2D eigenvalue weighted by atomic mass is 9.96. The van der Waals surface area contributed by atoms with Gasteiger partial charge in [-0.05, 0) is 49.3 Å². The molecule has 0 heterocycles. The summed E-state index contributed by atoms with van der Waals surface area (Å²) in [6.45, 7) is 1.12. The zero-order valence-corrected chi connectivity index (χ0v) is 12.2. The molecular weight excluding hydrogens is 242 g/mol. The summed E-state index contributed by atoms with van der Waals surface area (Å²) in [7, 11) is 4.28. The summed E-state index contributed by atoms with van der Waals surface area (Å²) in [5.41, 5.74) is 5.60. The van der Waals surface area contributed by atoms with E-state index in [1.165, 1.54) is 28.7 Å². The van der Waals surface area contributed by atoms with Crippen molar-refractivity contribution in [3.8, 4) is 0 Å². The fourth-order valence-electron chi connectivity index (χ4n) is 2.95. The van der Waals surface area contributed by atoms with Gasteiger partial charge in [0, 0.05) is 5.92 Å². The average Bonchev–Trinajstić information content (AvgIpc) is 2.85. The molecule has 0 amide bonds. The maximum Gasteiger partial charge on any atom is 0.00456 e. The Hall–Kier alpha value is -1.86. The highest BCUT2D eigenvalue weighted by Crippen LogP contribution is 2.40. The highest BCUT2D eigenvalue weighted by Gasteiger charge is 2.23. The summed E-state index contributed by atoms with van der Waals surface area (Å²) in [5.74, 6) is 0.545. The van der Waals surface area contributed by atoms with Gasteiger partial charge in [-0.3, -0.25) is 0 Å². The van der Waals surface area contributed by atoms with Crippen molar-refractivity contribution in [2.45, 2.75) is 12.3 Å². The van der Waals surface area contributed by atoms with Gasteiger partial charge in [-0.1, -0.05) is 60.7 Å². The number of rotatable bonds is 4. The normalized spacial score (nSPS) is 17.1. The lowest BCUT2D eigenvalue weighted by Crippen LogP contribution is -2.14. The van der Waals surface area contributed by atoms with Gasteiger partial charge >= 0.3 is 0 Å². The molecule has 102 valence electrons. The van der Waals surface area contributed by atoms with E-state index in [1.807, 2.05) is 0 Å². The predicted octanol–water partition coefficient (Wildman–Crippen LogP) is 4.17. The highest BCUT2D eigenvalue weighted by atomic mass is 15.0. The van der Waals surface area contributed by atoms with E-state index in [-0.39, 0.29) is 0 Å². The molecule has 20 heavy (non-hydrogen) atoms. The molecule has 0 radical (unpaired) electrons. The van der Waals surface area contributed by atoms with E-state index < -0.39 is 0 Å². The monoisotopic (exact) mass is 263 g/mol. The summed E-state index contributed by atoms with van der Waals surface area (Å²) in [5, 5.41) is 0. The average molecular weight is 263 g/mol. The molecule has 1 heteroatoms. The molecule has 0 fully saturated rings. The van der Waals surface area contributed by atoms with Crippen LogP contribution >= 0.6 is 0 Å². The van der Waals surface area contributed by atoms with Gasteiger partial charge in [0.1, 0.15) is 0 Å². The summed E-state index contributed by atoms with van der Waals surface area (Å²) >= 11 is 0. The van der Waals surface area contributed by atoms with E-state index in [0.29, 0.717) is 5.92 Å².